The number of hydrogen-bond donors (Lipinski definition) is 0. The van der Waals surface area contributed by atoms with Crippen molar-refractivity contribution in [3.05, 3.63) is 84.4 Å². The fourth-order valence-electron chi connectivity index (χ4n) is 1.90. The fourth-order valence-corrected chi connectivity index (χ4v) is 1.90. The Balaban J connectivity index is 0.00000161. The largest absolute Gasteiger partial charge is 1.00 e. The van der Waals surface area contributed by atoms with Crippen LogP contribution in [-0.2, 0) is 6.54 Å². The molecule has 3 aromatic rings. The Morgan fingerprint density at radius 1 is 1.00 bits per heavy atom. The summed E-state index contributed by atoms with van der Waals surface area (Å²) in [5.74, 6) is 0. The van der Waals surface area contributed by atoms with Crippen molar-refractivity contribution >= 4 is 6.21 Å². The first-order valence-electron chi connectivity index (χ1n) is 6.47. The molecule has 0 fully saturated rings. The molecule has 106 valence electrons. The molecule has 4 nitrogen and oxygen atoms in total. The molecule has 0 unspecified atom stereocenters. The molecule has 0 radical (unpaired) electrons. The molecule has 1 heterocycles. The van der Waals surface area contributed by atoms with E-state index in [1.54, 1.807) is 11.0 Å². The maximum absolute atomic E-state index is 4.35. The van der Waals surface area contributed by atoms with Crippen LogP contribution in [0.3, 0.4) is 0 Å². The summed E-state index contributed by atoms with van der Waals surface area (Å²) >= 11 is 0. The molecule has 0 saturated carbocycles. The second-order valence-corrected chi connectivity index (χ2v) is 4.46. The van der Waals surface area contributed by atoms with Crippen LogP contribution in [0.25, 0.3) is 0 Å². The minimum atomic E-state index is 0. The van der Waals surface area contributed by atoms with Gasteiger partial charge >= 0.3 is 0 Å². The van der Waals surface area contributed by atoms with E-state index in [4.69, 9.17) is 0 Å². The zero-order chi connectivity index (χ0) is 13.6. The third-order valence-electron chi connectivity index (χ3n) is 2.90. The quantitative estimate of drug-likeness (QED) is 0.447. The van der Waals surface area contributed by atoms with Crippen molar-refractivity contribution in [1.29, 1.82) is 0 Å². The molecule has 0 aliphatic heterocycles. The second-order valence-electron chi connectivity index (χ2n) is 4.46. The Kier molecular flexibility index (Phi) is 5.40. The van der Waals surface area contributed by atoms with Crippen molar-refractivity contribution in [2.75, 3.05) is 0 Å². The first-order chi connectivity index (χ1) is 9.90. The third-order valence-corrected chi connectivity index (χ3v) is 2.90. The van der Waals surface area contributed by atoms with Crippen LogP contribution >= 0.6 is 0 Å². The molecule has 0 atom stereocenters. The Morgan fingerprint density at radius 3 is 2.38 bits per heavy atom. The number of aromatic nitrogens is 3. The SMILES string of the molecule is C(=N[n+]1cnn(Cc2ccccc2)c1)c1ccccc1.[Br-]. The van der Waals surface area contributed by atoms with Crippen molar-refractivity contribution in [2.45, 2.75) is 6.54 Å². The highest BCUT2D eigenvalue weighted by Gasteiger charge is 2.05. The van der Waals surface area contributed by atoms with Gasteiger partial charge in [0, 0.05) is 5.10 Å². The second kappa shape index (κ2) is 7.50. The Hall–Kier alpha value is -2.27. The maximum Gasteiger partial charge on any atom is 0.289 e. The molecular weight excluding hydrogens is 328 g/mol. The number of hydrogen-bond acceptors (Lipinski definition) is 2. The Bertz CT molecular complexity index is 693. The predicted octanol–water partition coefficient (Wildman–Crippen LogP) is -0.895. The van der Waals surface area contributed by atoms with Gasteiger partial charge in [-0.3, -0.25) is 0 Å². The lowest BCUT2D eigenvalue weighted by molar-refractivity contribution is -0.679. The van der Waals surface area contributed by atoms with Crippen LogP contribution < -0.4 is 21.7 Å². The van der Waals surface area contributed by atoms with Gasteiger partial charge in [-0.25, -0.2) is 0 Å². The first-order valence-corrected chi connectivity index (χ1v) is 6.47. The summed E-state index contributed by atoms with van der Waals surface area (Å²) in [7, 11) is 0. The molecule has 0 saturated heterocycles. The molecule has 0 amide bonds. The summed E-state index contributed by atoms with van der Waals surface area (Å²) < 4.78 is 3.56. The van der Waals surface area contributed by atoms with Gasteiger partial charge in [-0.05, 0) is 11.1 Å². The van der Waals surface area contributed by atoms with E-state index in [9.17, 15) is 0 Å². The standard InChI is InChI=1S/C16H15N4.BrH/c1-3-7-15(8-4-1)11-17-20-13-18-19(14-20)12-16-9-5-2-6-10-16;/h1-11,13-14H,12H2;1H/q+1;/p-1. The molecule has 2 aromatic carbocycles. The van der Waals surface area contributed by atoms with Gasteiger partial charge < -0.3 is 17.0 Å². The zero-order valence-corrected chi connectivity index (χ0v) is 13.0. The highest BCUT2D eigenvalue weighted by atomic mass is 79.9. The molecule has 21 heavy (non-hydrogen) atoms. The number of nitrogens with zero attached hydrogens (tertiary/aromatic N) is 4. The van der Waals surface area contributed by atoms with Crippen LogP contribution in [0.4, 0.5) is 0 Å². The van der Waals surface area contributed by atoms with E-state index in [0.717, 1.165) is 12.1 Å². The minimum absolute atomic E-state index is 0. The van der Waals surface area contributed by atoms with Crippen molar-refractivity contribution < 1.29 is 21.7 Å². The lowest BCUT2D eigenvalue weighted by Crippen LogP contribution is -3.00. The van der Waals surface area contributed by atoms with Crippen LogP contribution in [-0.4, -0.2) is 16.0 Å². The number of rotatable bonds is 4. The third kappa shape index (κ3) is 4.36. The highest BCUT2D eigenvalue weighted by molar-refractivity contribution is 5.78. The van der Waals surface area contributed by atoms with Gasteiger partial charge in [0.15, 0.2) is 0 Å². The summed E-state index contributed by atoms with van der Waals surface area (Å²) in [5.41, 5.74) is 2.28. The van der Waals surface area contributed by atoms with Gasteiger partial charge in [-0.2, -0.15) is 0 Å². The van der Waals surface area contributed by atoms with Gasteiger partial charge in [0.05, 0.1) is 6.21 Å². The molecule has 3 rings (SSSR count). The summed E-state index contributed by atoms with van der Waals surface area (Å²) in [4.78, 5) is 0. The van der Waals surface area contributed by atoms with Crippen LogP contribution in [0.5, 0.6) is 0 Å². The molecule has 0 bridgehead atoms. The topological polar surface area (TPSA) is 34.1 Å². The van der Waals surface area contributed by atoms with Gasteiger partial charge in [-0.15, -0.1) is 14.5 Å². The first kappa shape index (κ1) is 15.1. The van der Waals surface area contributed by atoms with Crippen LogP contribution in [0, 0.1) is 0 Å². The van der Waals surface area contributed by atoms with E-state index in [1.165, 1.54) is 5.56 Å². The van der Waals surface area contributed by atoms with E-state index in [0.29, 0.717) is 0 Å². The molecular formula is C16H15BrN4. The average molecular weight is 343 g/mol. The number of benzene rings is 2. The Morgan fingerprint density at radius 2 is 1.67 bits per heavy atom. The monoisotopic (exact) mass is 342 g/mol. The van der Waals surface area contributed by atoms with Gasteiger partial charge in [0.2, 0.25) is 6.33 Å². The molecule has 0 aliphatic carbocycles. The normalized spacial score (nSPS) is 10.5. The van der Waals surface area contributed by atoms with Crippen LogP contribution in [0.15, 0.2) is 78.4 Å². The van der Waals surface area contributed by atoms with Crippen LogP contribution in [0.1, 0.15) is 11.1 Å². The highest BCUT2D eigenvalue weighted by Crippen LogP contribution is 1.99. The summed E-state index contributed by atoms with van der Waals surface area (Å²) in [6.07, 6.45) is 5.38. The predicted molar refractivity (Wildman–Crippen MR) is 77.4 cm³/mol. The summed E-state index contributed by atoms with van der Waals surface area (Å²) in [5, 5.41) is 8.64. The van der Waals surface area contributed by atoms with E-state index >= 15 is 0 Å². The molecule has 0 aliphatic rings. The van der Waals surface area contributed by atoms with Gasteiger partial charge in [0.25, 0.3) is 6.33 Å². The number of halogens is 1. The van der Waals surface area contributed by atoms with E-state index in [2.05, 4.69) is 22.3 Å². The summed E-state index contributed by atoms with van der Waals surface area (Å²) in [6, 6.07) is 20.2. The zero-order valence-electron chi connectivity index (χ0n) is 11.4. The van der Waals surface area contributed by atoms with E-state index in [-0.39, 0.29) is 17.0 Å². The van der Waals surface area contributed by atoms with Crippen molar-refractivity contribution in [3.63, 3.8) is 0 Å². The lowest BCUT2D eigenvalue weighted by Gasteiger charge is -1.93. The average Bonchev–Trinajstić information content (AvgIpc) is 2.95. The van der Waals surface area contributed by atoms with Crippen molar-refractivity contribution in [3.8, 4) is 0 Å². The molecule has 5 heteroatoms. The summed E-state index contributed by atoms with van der Waals surface area (Å²) in [6.45, 7) is 0.745. The fraction of sp³-hybridized carbons (Fsp3) is 0.0625. The van der Waals surface area contributed by atoms with Gasteiger partial charge in [-0.1, -0.05) is 60.7 Å². The van der Waals surface area contributed by atoms with E-state index < -0.39 is 0 Å². The minimum Gasteiger partial charge on any atom is -1.00 e. The lowest BCUT2D eigenvalue weighted by atomic mass is 10.2. The Labute approximate surface area is 134 Å². The smallest absolute Gasteiger partial charge is 0.289 e. The molecule has 0 N–H and O–H groups in total. The van der Waals surface area contributed by atoms with E-state index in [1.807, 2.05) is 65.8 Å². The molecule has 1 aromatic heterocycles. The van der Waals surface area contributed by atoms with Crippen LogP contribution in [0.2, 0.25) is 0 Å². The molecule has 0 spiro atoms. The van der Waals surface area contributed by atoms with Crippen molar-refractivity contribution in [1.82, 2.24) is 9.78 Å². The van der Waals surface area contributed by atoms with Gasteiger partial charge in [0.1, 0.15) is 6.54 Å². The maximum atomic E-state index is 4.35. The van der Waals surface area contributed by atoms with Crippen molar-refractivity contribution in [2.24, 2.45) is 5.10 Å².